The maximum Gasteiger partial charge on any atom is 0.242 e. The molecule has 6 heteroatoms. The Labute approximate surface area is 102 Å². The third-order valence-electron chi connectivity index (χ3n) is 3.32. The lowest BCUT2D eigenvalue weighted by Crippen LogP contribution is -2.27. The summed E-state index contributed by atoms with van der Waals surface area (Å²) >= 11 is 0. The minimum atomic E-state index is -3.37. The van der Waals surface area contributed by atoms with Crippen molar-refractivity contribution in [1.29, 1.82) is 0 Å². The molecule has 1 aliphatic carbocycles. The van der Waals surface area contributed by atoms with E-state index in [1.165, 1.54) is 25.5 Å². The molecule has 4 N–H and O–H groups in total. The Kier molecular flexibility index (Phi) is 3.86. The highest BCUT2D eigenvalue weighted by molar-refractivity contribution is 7.89. The van der Waals surface area contributed by atoms with E-state index < -0.39 is 10.0 Å². The molecule has 0 spiro atoms. The molecule has 0 aliphatic heterocycles. The molecule has 0 amide bonds. The van der Waals surface area contributed by atoms with Crippen molar-refractivity contribution in [3.63, 3.8) is 0 Å². The van der Waals surface area contributed by atoms with Crippen molar-refractivity contribution in [2.24, 2.45) is 11.7 Å². The summed E-state index contributed by atoms with van der Waals surface area (Å²) in [4.78, 5) is 3.11. The molecule has 1 aliphatic rings. The number of hydrogen-bond acceptors (Lipinski definition) is 3. The molecule has 17 heavy (non-hydrogen) atoms. The molecule has 0 atom stereocenters. The number of sulfonamides is 1. The summed E-state index contributed by atoms with van der Waals surface area (Å²) in [6.45, 7) is 0.841. The molecule has 0 unspecified atom stereocenters. The van der Waals surface area contributed by atoms with Gasteiger partial charge in [-0.3, -0.25) is 0 Å². The maximum atomic E-state index is 11.9. The highest BCUT2D eigenvalue weighted by Crippen LogP contribution is 2.28. The number of nitrogens with one attached hydrogen (secondary N) is 2. The zero-order chi connectivity index (χ0) is 12.3. The smallest absolute Gasteiger partial charge is 0.242 e. The molecular weight excluding hydrogens is 238 g/mol. The summed E-state index contributed by atoms with van der Waals surface area (Å²) < 4.78 is 26.4. The van der Waals surface area contributed by atoms with Gasteiger partial charge in [0, 0.05) is 25.0 Å². The Morgan fingerprint density at radius 3 is 2.76 bits per heavy atom. The topological polar surface area (TPSA) is 88.0 Å². The second kappa shape index (κ2) is 5.20. The second-order valence-electron chi connectivity index (χ2n) is 4.55. The minimum Gasteiger partial charge on any atom is -0.363 e. The van der Waals surface area contributed by atoms with Gasteiger partial charge in [0.1, 0.15) is 0 Å². The monoisotopic (exact) mass is 257 g/mol. The molecule has 0 radical (unpaired) electrons. The van der Waals surface area contributed by atoms with Gasteiger partial charge in [0.05, 0.1) is 4.90 Å². The van der Waals surface area contributed by atoms with Crippen molar-refractivity contribution < 1.29 is 8.42 Å². The predicted molar refractivity (Wildman–Crippen MR) is 65.8 cm³/mol. The average Bonchev–Trinajstić information content (AvgIpc) is 2.71. The molecule has 1 aromatic heterocycles. The molecule has 0 bridgehead atoms. The molecule has 1 heterocycles. The fourth-order valence-corrected chi connectivity index (χ4v) is 3.02. The molecule has 96 valence electrons. The SMILES string of the molecule is NCc1cc(S(=O)(=O)NCCC2CCC2)c[nH]1. The van der Waals surface area contributed by atoms with E-state index >= 15 is 0 Å². The zero-order valence-corrected chi connectivity index (χ0v) is 10.6. The van der Waals surface area contributed by atoms with Crippen LogP contribution in [0.4, 0.5) is 0 Å². The summed E-state index contributed by atoms with van der Waals surface area (Å²) in [6, 6.07) is 1.58. The van der Waals surface area contributed by atoms with E-state index in [4.69, 9.17) is 5.73 Å². The van der Waals surface area contributed by atoms with E-state index in [1.54, 1.807) is 6.07 Å². The van der Waals surface area contributed by atoms with E-state index in [9.17, 15) is 8.42 Å². The van der Waals surface area contributed by atoms with Crippen LogP contribution in [-0.2, 0) is 16.6 Å². The molecule has 1 aromatic rings. The Hall–Kier alpha value is -0.850. The van der Waals surface area contributed by atoms with Crippen LogP contribution in [0.15, 0.2) is 17.2 Å². The van der Waals surface area contributed by atoms with Crippen molar-refractivity contribution in [2.75, 3.05) is 6.54 Å². The van der Waals surface area contributed by atoms with E-state index in [-0.39, 0.29) is 4.90 Å². The fourth-order valence-electron chi connectivity index (χ4n) is 1.95. The molecular formula is C11H19N3O2S. The molecule has 1 fully saturated rings. The van der Waals surface area contributed by atoms with Crippen LogP contribution in [0.2, 0.25) is 0 Å². The van der Waals surface area contributed by atoms with Gasteiger partial charge < -0.3 is 10.7 Å². The molecule has 2 rings (SSSR count). The zero-order valence-electron chi connectivity index (χ0n) is 9.78. The van der Waals surface area contributed by atoms with Gasteiger partial charge in [0.25, 0.3) is 0 Å². The summed E-state index contributed by atoms with van der Waals surface area (Å²) in [7, 11) is -3.37. The largest absolute Gasteiger partial charge is 0.363 e. The van der Waals surface area contributed by atoms with E-state index in [1.807, 2.05) is 0 Å². The van der Waals surface area contributed by atoms with Gasteiger partial charge in [-0.1, -0.05) is 19.3 Å². The third-order valence-corrected chi connectivity index (χ3v) is 4.76. The highest BCUT2D eigenvalue weighted by atomic mass is 32.2. The van der Waals surface area contributed by atoms with Crippen LogP contribution >= 0.6 is 0 Å². The highest BCUT2D eigenvalue weighted by Gasteiger charge is 2.19. The molecule has 5 nitrogen and oxygen atoms in total. The molecule has 1 saturated carbocycles. The number of H-pyrrole nitrogens is 1. The van der Waals surface area contributed by atoms with Gasteiger partial charge in [0.15, 0.2) is 0 Å². The normalized spacial score (nSPS) is 17.0. The standard InChI is InChI=1S/C11H19N3O2S/c12-7-10-6-11(8-13-10)17(15,16)14-5-4-9-2-1-3-9/h6,8-9,13-14H,1-5,7,12H2. The Morgan fingerprint density at radius 1 is 1.47 bits per heavy atom. The molecule has 0 aromatic carbocycles. The predicted octanol–water partition coefficient (Wildman–Crippen LogP) is 0.942. The first kappa shape index (κ1) is 12.6. The Morgan fingerprint density at radius 2 is 2.24 bits per heavy atom. The summed E-state index contributed by atoms with van der Waals surface area (Å²) in [5.74, 6) is 0.712. The number of aromatic amines is 1. The van der Waals surface area contributed by atoms with Crippen LogP contribution < -0.4 is 10.5 Å². The van der Waals surface area contributed by atoms with Crippen LogP contribution in [0.1, 0.15) is 31.4 Å². The van der Waals surface area contributed by atoms with Crippen LogP contribution in [0.5, 0.6) is 0 Å². The van der Waals surface area contributed by atoms with E-state index in [2.05, 4.69) is 9.71 Å². The van der Waals surface area contributed by atoms with Crippen molar-refractivity contribution in [2.45, 2.75) is 37.1 Å². The van der Waals surface area contributed by atoms with Crippen LogP contribution in [-0.4, -0.2) is 19.9 Å². The maximum absolute atomic E-state index is 11.9. The van der Waals surface area contributed by atoms with Crippen molar-refractivity contribution in [3.8, 4) is 0 Å². The third kappa shape index (κ3) is 3.08. The van der Waals surface area contributed by atoms with Crippen LogP contribution in [0.3, 0.4) is 0 Å². The lowest BCUT2D eigenvalue weighted by molar-refractivity contribution is 0.297. The summed E-state index contributed by atoms with van der Waals surface area (Å²) in [6.07, 6.45) is 6.18. The lowest BCUT2D eigenvalue weighted by atomic mass is 9.83. The van der Waals surface area contributed by atoms with Crippen LogP contribution in [0, 0.1) is 5.92 Å². The van der Waals surface area contributed by atoms with Crippen molar-refractivity contribution in [3.05, 3.63) is 18.0 Å². The number of nitrogens with two attached hydrogens (primary N) is 1. The summed E-state index contributed by atoms with van der Waals surface area (Å²) in [5.41, 5.74) is 6.15. The van der Waals surface area contributed by atoms with Gasteiger partial charge >= 0.3 is 0 Å². The van der Waals surface area contributed by atoms with Crippen LogP contribution in [0.25, 0.3) is 0 Å². The number of aromatic nitrogens is 1. The quantitative estimate of drug-likeness (QED) is 0.708. The summed E-state index contributed by atoms with van der Waals surface area (Å²) in [5, 5.41) is 0. The Balaban J connectivity index is 1.88. The van der Waals surface area contributed by atoms with Gasteiger partial charge in [-0.05, 0) is 18.4 Å². The molecule has 0 saturated heterocycles. The second-order valence-corrected chi connectivity index (χ2v) is 6.32. The van der Waals surface area contributed by atoms with Gasteiger partial charge in [-0.25, -0.2) is 13.1 Å². The van der Waals surface area contributed by atoms with Crippen molar-refractivity contribution >= 4 is 10.0 Å². The number of hydrogen-bond donors (Lipinski definition) is 3. The average molecular weight is 257 g/mol. The van der Waals surface area contributed by atoms with E-state index in [0.717, 1.165) is 12.1 Å². The first-order valence-electron chi connectivity index (χ1n) is 5.99. The Bertz CT molecular complexity index is 463. The van der Waals surface area contributed by atoms with Gasteiger partial charge in [0.2, 0.25) is 10.0 Å². The number of rotatable bonds is 6. The van der Waals surface area contributed by atoms with Crippen molar-refractivity contribution in [1.82, 2.24) is 9.71 Å². The fraction of sp³-hybridized carbons (Fsp3) is 0.636. The van der Waals surface area contributed by atoms with E-state index in [0.29, 0.717) is 19.0 Å². The van der Waals surface area contributed by atoms with Gasteiger partial charge in [-0.15, -0.1) is 0 Å². The van der Waals surface area contributed by atoms with Gasteiger partial charge in [-0.2, -0.15) is 0 Å². The minimum absolute atomic E-state index is 0.270. The first-order valence-corrected chi connectivity index (χ1v) is 7.47. The first-order chi connectivity index (χ1) is 8.12. The lowest BCUT2D eigenvalue weighted by Gasteiger charge is -2.24.